The van der Waals surface area contributed by atoms with Crippen LogP contribution in [0, 0.1) is 5.82 Å². The Hall–Kier alpha value is -4.17. The van der Waals surface area contributed by atoms with E-state index in [1.54, 1.807) is 24.3 Å². The van der Waals surface area contributed by atoms with Gasteiger partial charge in [0.1, 0.15) is 10.7 Å². The highest BCUT2D eigenvalue weighted by atomic mass is 35.5. The molecule has 2 heterocycles. The number of hydrogen-bond acceptors (Lipinski definition) is 11. The lowest BCUT2D eigenvalue weighted by Crippen LogP contribution is -2.53. The summed E-state index contributed by atoms with van der Waals surface area (Å²) in [6, 6.07) is 22.5. The van der Waals surface area contributed by atoms with E-state index in [0.29, 0.717) is 48.5 Å². The monoisotopic (exact) mass is 1030 g/mol. The van der Waals surface area contributed by atoms with Crippen LogP contribution in [0.4, 0.5) is 28.9 Å². The molecule has 0 radical (unpaired) electrons. The number of nitrogens with one attached hydrogen (secondary N) is 2. The number of amides is 1. The molecule has 19 heteroatoms. The maximum atomic E-state index is 15.0. The molecule has 0 saturated carbocycles. The van der Waals surface area contributed by atoms with Gasteiger partial charge in [-0.3, -0.25) is 14.6 Å². The maximum absolute atomic E-state index is 15.0. The van der Waals surface area contributed by atoms with Crippen LogP contribution < -0.4 is 14.9 Å². The first-order chi connectivity index (χ1) is 32.7. The Balaban J connectivity index is 1.02. The number of nitrogens with zero attached hydrogens (tertiary/aromatic N) is 4. The summed E-state index contributed by atoms with van der Waals surface area (Å²) in [6.45, 7) is 13.9. The Morgan fingerprint density at radius 1 is 0.783 bits per heavy atom. The van der Waals surface area contributed by atoms with Crippen molar-refractivity contribution in [3.05, 3.63) is 119 Å². The van der Waals surface area contributed by atoms with Gasteiger partial charge in [-0.05, 0) is 125 Å². The Bertz CT molecular complexity index is 2670. The average Bonchev–Trinajstić information content (AvgIpc) is 3.55. The summed E-state index contributed by atoms with van der Waals surface area (Å²) in [7, 11) is -10.9. The highest BCUT2D eigenvalue weighted by molar-refractivity contribution is 7.99. The summed E-state index contributed by atoms with van der Waals surface area (Å²) in [5, 5.41) is 3.40. The van der Waals surface area contributed by atoms with Crippen molar-refractivity contribution < 1.29 is 39.2 Å². The van der Waals surface area contributed by atoms with Gasteiger partial charge in [-0.25, -0.2) is 25.9 Å². The number of hydrogen-bond donors (Lipinski definition) is 2. The van der Waals surface area contributed by atoms with Crippen molar-refractivity contribution in [1.82, 2.24) is 19.4 Å². The number of anilines is 2. The number of rotatable bonds is 16. The van der Waals surface area contributed by atoms with Gasteiger partial charge in [0.05, 0.1) is 10.6 Å². The lowest BCUT2D eigenvalue weighted by molar-refractivity contribution is -0.0435. The minimum atomic E-state index is -6.07. The molecule has 374 valence electrons. The van der Waals surface area contributed by atoms with Crippen LogP contribution in [-0.2, 0) is 19.9 Å². The molecule has 4 aromatic carbocycles. The molecule has 2 N–H and O–H groups in total. The third-order valence-corrected chi connectivity index (χ3v) is 17.4. The maximum Gasteiger partial charge on any atom is 0.501 e. The van der Waals surface area contributed by atoms with E-state index in [4.69, 9.17) is 11.6 Å². The molecule has 7 rings (SSSR count). The van der Waals surface area contributed by atoms with Gasteiger partial charge in [-0.15, -0.1) is 11.8 Å². The van der Waals surface area contributed by atoms with Gasteiger partial charge >= 0.3 is 5.51 Å². The number of sulfonamides is 1. The Morgan fingerprint density at radius 3 is 2.10 bits per heavy atom. The Labute approximate surface area is 413 Å². The predicted octanol–water partition coefficient (Wildman–Crippen LogP) is 9.81. The van der Waals surface area contributed by atoms with E-state index in [9.17, 15) is 34.8 Å². The molecule has 11 nitrogen and oxygen atoms in total. The van der Waals surface area contributed by atoms with Gasteiger partial charge in [0.2, 0.25) is 0 Å². The first kappa shape index (κ1) is 52.6. The number of carbonyl (C=O) groups excluding carboxylic acids is 1. The summed E-state index contributed by atoms with van der Waals surface area (Å²) in [5.74, 6) is -0.981. The molecular formula is C50H61ClF4N6O5S3. The fraction of sp³-hybridized carbons (Fsp3) is 0.460. The lowest BCUT2D eigenvalue weighted by Gasteiger charge is -2.42. The third-order valence-electron chi connectivity index (χ3n) is 13.1. The average molecular weight is 1030 g/mol. The summed E-state index contributed by atoms with van der Waals surface area (Å²) < 4.78 is 113. The topological polar surface area (TPSA) is 122 Å². The highest BCUT2D eigenvalue weighted by Gasteiger charge is 2.48. The minimum Gasteiger partial charge on any atom is -0.380 e. The summed E-state index contributed by atoms with van der Waals surface area (Å²) in [5.41, 5.74) is -2.44. The van der Waals surface area contributed by atoms with Gasteiger partial charge in [0, 0.05) is 110 Å². The van der Waals surface area contributed by atoms with Gasteiger partial charge in [0.15, 0.2) is 0 Å². The zero-order valence-corrected chi connectivity index (χ0v) is 42.4. The van der Waals surface area contributed by atoms with Crippen LogP contribution in [0.25, 0.3) is 5.57 Å². The standard InChI is InChI=1S/C50H61ClF4N6O5S3/c1-49(2,3)61-30-26-58(27-31-61)23-22-39(35-67-41-11-7-5-8-12-41)56-46-21-19-42(33-47(46)68(63,64)50(53,54)55)69(65,66)57-48(62)36-14-17-40(18-15-36)60-28-24-59(25-29-60)34-37-10-6-4-9-13-43(37)44-20-16-38(51)32-45(44)52/h5,7-8,11-12,14-21,32-33,39,56H,4,6,9-10,13,22-31,34-35H2,1-3H3,(H,57,62)/t39-/m1/s1. The number of thioether (sulfide) groups is 1. The second-order valence-electron chi connectivity index (χ2n) is 18.9. The number of halogens is 5. The second-order valence-corrected chi connectivity index (χ2v) is 24.0. The first-order valence-corrected chi connectivity index (χ1v) is 27.7. The fourth-order valence-corrected chi connectivity index (χ4v) is 12.3. The first-order valence-electron chi connectivity index (χ1n) is 23.4. The third kappa shape index (κ3) is 13.6. The van der Waals surface area contributed by atoms with E-state index in [1.165, 1.54) is 35.5 Å². The fourth-order valence-electron chi connectivity index (χ4n) is 9.12. The number of benzene rings is 4. The SMILES string of the molecule is CC(C)(C)N1CCN(CC[C@H](CSc2ccccc2)Nc2ccc(S(=O)(=O)NC(=O)c3ccc(N4CCN(CC5=C(c6ccc(Cl)cc6F)CCCCC5)CC4)cc3)cc2S(=O)(=O)C(F)(F)F)CC1. The van der Waals surface area contributed by atoms with Crippen molar-refractivity contribution in [2.24, 2.45) is 0 Å². The quantitative estimate of drug-likeness (QED) is 0.0824. The van der Waals surface area contributed by atoms with Crippen molar-refractivity contribution in [2.45, 2.75) is 91.1 Å². The van der Waals surface area contributed by atoms with Crippen molar-refractivity contribution in [2.75, 3.05) is 81.4 Å². The molecular weight excluding hydrogens is 972 g/mol. The zero-order valence-electron chi connectivity index (χ0n) is 39.2. The normalized spacial score (nSPS) is 17.9. The molecule has 0 aromatic heterocycles. The van der Waals surface area contributed by atoms with Gasteiger partial charge in [-0.2, -0.15) is 13.2 Å². The highest BCUT2D eigenvalue weighted by Crippen LogP contribution is 2.38. The predicted molar refractivity (Wildman–Crippen MR) is 268 cm³/mol. The van der Waals surface area contributed by atoms with Crippen molar-refractivity contribution in [3.63, 3.8) is 0 Å². The summed E-state index contributed by atoms with van der Waals surface area (Å²) in [4.78, 5) is 21.4. The van der Waals surface area contributed by atoms with Gasteiger partial charge in [0.25, 0.3) is 25.8 Å². The van der Waals surface area contributed by atoms with Crippen LogP contribution in [0.2, 0.25) is 5.02 Å². The molecule has 1 amide bonds. The van der Waals surface area contributed by atoms with Crippen LogP contribution in [0.15, 0.2) is 111 Å². The van der Waals surface area contributed by atoms with E-state index in [1.807, 2.05) is 35.1 Å². The van der Waals surface area contributed by atoms with E-state index in [2.05, 4.69) is 45.7 Å². The van der Waals surface area contributed by atoms with Crippen molar-refractivity contribution >= 4 is 66.1 Å². The Morgan fingerprint density at radius 2 is 1.45 bits per heavy atom. The lowest BCUT2D eigenvalue weighted by atomic mass is 9.95. The number of sulfone groups is 1. The van der Waals surface area contributed by atoms with E-state index < -0.39 is 52.8 Å². The van der Waals surface area contributed by atoms with E-state index in [-0.39, 0.29) is 16.9 Å². The number of piperazine rings is 2. The zero-order chi connectivity index (χ0) is 49.6. The number of allylic oxidation sites excluding steroid dienone is 1. The molecule has 1 aliphatic carbocycles. The van der Waals surface area contributed by atoms with Crippen LogP contribution >= 0.6 is 23.4 Å². The molecule has 3 aliphatic rings. The van der Waals surface area contributed by atoms with Crippen LogP contribution in [0.1, 0.15) is 75.2 Å². The smallest absolute Gasteiger partial charge is 0.380 e. The molecule has 0 spiro atoms. The molecule has 2 aliphatic heterocycles. The molecule has 1 atom stereocenters. The van der Waals surface area contributed by atoms with Crippen LogP contribution in [0.3, 0.4) is 0 Å². The van der Waals surface area contributed by atoms with Crippen LogP contribution in [0.5, 0.6) is 0 Å². The molecule has 4 aromatic rings. The Kier molecular flexibility index (Phi) is 17.2. The van der Waals surface area contributed by atoms with Gasteiger partial charge in [-0.1, -0.05) is 47.9 Å². The van der Waals surface area contributed by atoms with Crippen LogP contribution in [-0.4, -0.2) is 126 Å². The van der Waals surface area contributed by atoms with Gasteiger partial charge < -0.3 is 15.1 Å². The molecule has 69 heavy (non-hydrogen) atoms. The molecule has 0 bridgehead atoms. The van der Waals surface area contributed by atoms with E-state index >= 15 is 4.39 Å². The summed E-state index contributed by atoms with van der Waals surface area (Å²) >= 11 is 7.51. The molecule has 2 saturated heterocycles. The number of alkyl halides is 3. The largest absolute Gasteiger partial charge is 0.501 e. The summed E-state index contributed by atoms with van der Waals surface area (Å²) in [6.07, 6.45) is 5.31. The van der Waals surface area contributed by atoms with Crippen molar-refractivity contribution in [3.8, 4) is 0 Å². The molecule has 2 fully saturated rings. The minimum absolute atomic E-state index is 0.0130. The molecule has 0 unspecified atom stereocenters. The number of carbonyl (C=O) groups is 1. The second kappa shape index (κ2) is 22.5. The van der Waals surface area contributed by atoms with Crippen molar-refractivity contribution in [1.29, 1.82) is 0 Å². The van der Waals surface area contributed by atoms with E-state index in [0.717, 1.165) is 106 Å².